The number of aryl methyl sites for hydroxylation is 1. The van der Waals surface area contributed by atoms with Crippen molar-refractivity contribution in [3.05, 3.63) is 98.7 Å². The summed E-state index contributed by atoms with van der Waals surface area (Å²) in [7, 11) is 0. The lowest BCUT2D eigenvalue weighted by Crippen LogP contribution is -2.44. The third kappa shape index (κ3) is 4.11. The van der Waals surface area contributed by atoms with Crippen molar-refractivity contribution in [2.45, 2.75) is 44.8 Å². The highest BCUT2D eigenvalue weighted by Gasteiger charge is 2.49. The van der Waals surface area contributed by atoms with Crippen LogP contribution in [0.15, 0.2) is 77.0 Å². The lowest BCUT2D eigenvalue weighted by Gasteiger charge is -2.31. The second-order valence-corrected chi connectivity index (χ2v) is 10.5. The number of benzene rings is 2. The zero-order valence-corrected chi connectivity index (χ0v) is 21.5. The van der Waals surface area contributed by atoms with E-state index >= 15 is 0 Å². The van der Waals surface area contributed by atoms with Gasteiger partial charge in [-0.25, -0.2) is 0 Å². The van der Waals surface area contributed by atoms with E-state index in [1.54, 1.807) is 30.3 Å². The van der Waals surface area contributed by atoms with Gasteiger partial charge in [0.25, 0.3) is 11.8 Å². The smallest absolute Gasteiger partial charge is 0.344 e. The normalized spacial score (nSPS) is 20.9. The number of allylic oxidation sites excluding steroid dienone is 3. The number of rotatable bonds is 3. The summed E-state index contributed by atoms with van der Waals surface area (Å²) in [5.41, 5.74) is 0.337. The number of alkyl halides is 3. The standard InChI is InChI=1S/C29H23ClF3N3O2/c1-28(2)22-14-19(30)13-18-9-6-12-35(25(18)22)23(28)11-10-20-24(29(31,32)33)21(15-34)27(38)36(26(20)37)16-17-7-4-3-5-8-17/h3-5,7-8,10-11,13-14H,6,9,12,16H2,1-2H3/b20-10+,23-11-. The monoisotopic (exact) mass is 537 g/mol. The fourth-order valence-electron chi connectivity index (χ4n) is 5.54. The van der Waals surface area contributed by atoms with Crippen molar-refractivity contribution in [3.63, 3.8) is 0 Å². The molecule has 5 nitrogen and oxygen atoms in total. The Balaban J connectivity index is 1.66. The van der Waals surface area contributed by atoms with Crippen molar-refractivity contribution >= 4 is 29.1 Å². The van der Waals surface area contributed by atoms with Crippen molar-refractivity contribution in [2.24, 2.45) is 0 Å². The summed E-state index contributed by atoms with van der Waals surface area (Å²) in [6.07, 6.45) is -0.800. The molecule has 3 aliphatic heterocycles. The number of anilines is 1. The Kier molecular flexibility index (Phi) is 6.23. The highest BCUT2D eigenvalue weighted by molar-refractivity contribution is 6.31. The van der Waals surface area contributed by atoms with Crippen LogP contribution in [0.3, 0.4) is 0 Å². The highest BCUT2D eigenvalue weighted by atomic mass is 35.5. The Morgan fingerprint density at radius 1 is 1.11 bits per heavy atom. The van der Waals surface area contributed by atoms with Crippen LogP contribution in [0.5, 0.6) is 0 Å². The molecule has 0 aromatic heterocycles. The van der Waals surface area contributed by atoms with E-state index < -0.39 is 40.1 Å². The SMILES string of the molecule is CC1(C)/C(=C/C=C2/C(=O)N(Cc3ccccc3)C(=O)C(C#N)=C2C(F)(F)F)N2CCCc3cc(Cl)cc1c32. The van der Waals surface area contributed by atoms with E-state index in [1.807, 2.05) is 26.0 Å². The molecule has 5 rings (SSSR count). The Labute approximate surface area is 223 Å². The molecule has 0 bridgehead atoms. The van der Waals surface area contributed by atoms with Crippen LogP contribution in [0.1, 0.15) is 37.0 Å². The molecule has 0 aliphatic carbocycles. The fraction of sp³-hybridized carbons (Fsp3) is 0.276. The molecule has 0 fully saturated rings. The van der Waals surface area contributed by atoms with E-state index in [0.29, 0.717) is 27.7 Å². The van der Waals surface area contributed by atoms with Gasteiger partial charge in [0.05, 0.1) is 17.7 Å². The summed E-state index contributed by atoms with van der Waals surface area (Å²) in [6.45, 7) is 4.32. The van der Waals surface area contributed by atoms with Gasteiger partial charge in [0.1, 0.15) is 11.6 Å². The van der Waals surface area contributed by atoms with Gasteiger partial charge in [-0.15, -0.1) is 0 Å². The average Bonchev–Trinajstić information content (AvgIpc) is 3.07. The number of imide groups is 1. The van der Waals surface area contributed by atoms with Crippen LogP contribution in [0, 0.1) is 11.3 Å². The fourth-order valence-corrected chi connectivity index (χ4v) is 5.78. The Morgan fingerprint density at radius 2 is 1.82 bits per heavy atom. The van der Waals surface area contributed by atoms with E-state index in [2.05, 4.69) is 4.90 Å². The quantitative estimate of drug-likeness (QED) is 0.348. The van der Waals surface area contributed by atoms with E-state index in [1.165, 1.54) is 12.1 Å². The van der Waals surface area contributed by atoms with Crippen molar-refractivity contribution in [1.82, 2.24) is 4.90 Å². The number of halogens is 4. The number of carbonyl (C=O) groups is 2. The number of amides is 2. The minimum Gasteiger partial charge on any atom is -0.344 e. The summed E-state index contributed by atoms with van der Waals surface area (Å²) in [6, 6.07) is 13.6. The number of hydrogen-bond acceptors (Lipinski definition) is 4. The molecule has 0 atom stereocenters. The molecular weight excluding hydrogens is 515 g/mol. The Bertz CT molecular complexity index is 1500. The molecule has 9 heteroatoms. The molecular formula is C29H23ClF3N3O2. The average molecular weight is 538 g/mol. The molecule has 194 valence electrons. The minimum absolute atomic E-state index is 0.256. The van der Waals surface area contributed by atoms with Gasteiger partial charge in [0.2, 0.25) is 0 Å². The second-order valence-electron chi connectivity index (χ2n) is 10.0. The lowest BCUT2D eigenvalue weighted by molar-refractivity contribution is -0.144. The van der Waals surface area contributed by atoms with E-state index in [4.69, 9.17) is 11.6 Å². The number of hydrogen-bond donors (Lipinski definition) is 0. The first-order valence-corrected chi connectivity index (χ1v) is 12.5. The first-order chi connectivity index (χ1) is 17.9. The summed E-state index contributed by atoms with van der Waals surface area (Å²) in [4.78, 5) is 29.1. The zero-order valence-electron chi connectivity index (χ0n) is 20.7. The van der Waals surface area contributed by atoms with E-state index in [0.717, 1.165) is 35.7 Å². The molecule has 38 heavy (non-hydrogen) atoms. The number of nitrogens with zero attached hydrogens (tertiary/aromatic N) is 3. The second kappa shape index (κ2) is 9.17. The van der Waals surface area contributed by atoms with Crippen molar-refractivity contribution < 1.29 is 22.8 Å². The van der Waals surface area contributed by atoms with Crippen molar-refractivity contribution in [3.8, 4) is 6.07 Å². The van der Waals surface area contributed by atoms with Crippen LogP contribution < -0.4 is 4.90 Å². The zero-order chi connectivity index (χ0) is 27.4. The van der Waals surface area contributed by atoms with Gasteiger partial charge in [0.15, 0.2) is 0 Å². The van der Waals surface area contributed by atoms with Gasteiger partial charge in [-0.2, -0.15) is 18.4 Å². The molecule has 0 unspecified atom stereocenters. The van der Waals surface area contributed by atoms with Crippen molar-refractivity contribution in [2.75, 3.05) is 11.4 Å². The van der Waals surface area contributed by atoms with Gasteiger partial charge in [-0.3, -0.25) is 14.5 Å². The molecule has 0 radical (unpaired) electrons. The topological polar surface area (TPSA) is 64.4 Å². The van der Waals surface area contributed by atoms with Gasteiger partial charge >= 0.3 is 6.18 Å². The highest BCUT2D eigenvalue weighted by Crippen LogP contribution is 2.52. The van der Waals surface area contributed by atoms with E-state index in [-0.39, 0.29) is 6.54 Å². The number of carbonyl (C=O) groups excluding carboxylic acids is 2. The maximum Gasteiger partial charge on any atom is 0.418 e. The third-order valence-electron chi connectivity index (χ3n) is 7.30. The molecule has 3 heterocycles. The summed E-state index contributed by atoms with van der Waals surface area (Å²) in [5.74, 6) is -2.36. The van der Waals surface area contributed by atoms with Gasteiger partial charge in [-0.05, 0) is 53.8 Å². The molecule has 0 saturated carbocycles. The minimum atomic E-state index is -5.08. The Hall–Kier alpha value is -3.83. The molecule has 3 aliphatic rings. The molecule has 2 aromatic rings. The Morgan fingerprint density at radius 3 is 2.47 bits per heavy atom. The third-order valence-corrected chi connectivity index (χ3v) is 7.51. The van der Waals surface area contributed by atoms with Gasteiger partial charge < -0.3 is 4.90 Å². The van der Waals surface area contributed by atoms with Crippen LogP contribution in [0.2, 0.25) is 5.02 Å². The molecule has 0 N–H and O–H groups in total. The molecule has 2 amide bonds. The van der Waals surface area contributed by atoms with E-state index in [9.17, 15) is 28.0 Å². The predicted molar refractivity (Wildman–Crippen MR) is 137 cm³/mol. The van der Waals surface area contributed by atoms with Crippen LogP contribution in [-0.4, -0.2) is 29.4 Å². The van der Waals surface area contributed by atoms with Gasteiger partial charge in [0, 0.05) is 28.4 Å². The molecule has 2 aromatic carbocycles. The van der Waals surface area contributed by atoms with Gasteiger partial charge in [-0.1, -0.05) is 55.8 Å². The maximum atomic E-state index is 14.2. The van der Waals surface area contributed by atoms with Crippen LogP contribution in [0.25, 0.3) is 0 Å². The largest absolute Gasteiger partial charge is 0.418 e. The van der Waals surface area contributed by atoms with Crippen LogP contribution in [0.4, 0.5) is 18.9 Å². The maximum absolute atomic E-state index is 14.2. The summed E-state index contributed by atoms with van der Waals surface area (Å²) in [5, 5.41) is 10.2. The molecule has 0 spiro atoms. The summed E-state index contributed by atoms with van der Waals surface area (Å²) >= 11 is 6.38. The van der Waals surface area contributed by atoms with Crippen LogP contribution in [-0.2, 0) is 28.0 Å². The van der Waals surface area contributed by atoms with Crippen molar-refractivity contribution in [1.29, 1.82) is 5.26 Å². The predicted octanol–water partition coefficient (Wildman–Crippen LogP) is 6.15. The van der Waals surface area contributed by atoms with Crippen LogP contribution >= 0.6 is 11.6 Å². The first kappa shape index (κ1) is 25.8. The first-order valence-electron chi connectivity index (χ1n) is 12.1. The number of nitriles is 1. The lowest BCUT2D eigenvalue weighted by atomic mass is 9.82. The molecule has 0 saturated heterocycles. The summed E-state index contributed by atoms with van der Waals surface area (Å²) < 4.78 is 42.7.